The van der Waals surface area contributed by atoms with Gasteiger partial charge in [0, 0.05) is 38.8 Å². The van der Waals surface area contributed by atoms with Gasteiger partial charge in [0.15, 0.2) is 17.5 Å². The SMILES string of the molecule is CCNC(=NCC(C)N1CCN(CC)CC1)NCC(C)Oc1ccccc1F. The minimum atomic E-state index is -0.341. The third-order valence-electron chi connectivity index (χ3n) is 5.06. The van der Waals surface area contributed by atoms with E-state index in [4.69, 9.17) is 9.73 Å². The average Bonchev–Trinajstić information content (AvgIpc) is 2.71. The maximum absolute atomic E-state index is 13.7. The lowest BCUT2D eigenvalue weighted by Gasteiger charge is -2.37. The molecular weight excluding hydrogens is 357 g/mol. The number of para-hydroxylation sites is 1. The molecule has 0 spiro atoms. The molecule has 1 aromatic rings. The molecule has 1 saturated heterocycles. The first-order chi connectivity index (χ1) is 13.5. The minimum Gasteiger partial charge on any atom is -0.486 e. The molecular formula is C21H36FN5O. The molecule has 7 heteroatoms. The van der Waals surface area contributed by atoms with Gasteiger partial charge in [-0.15, -0.1) is 0 Å². The van der Waals surface area contributed by atoms with Crippen LogP contribution in [0, 0.1) is 5.82 Å². The molecule has 0 saturated carbocycles. The van der Waals surface area contributed by atoms with E-state index in [1.807, 2.05) is 13.8 Å². The summed E-state index contributed by atoms with van der Waals surface area (Å²) in [4.78, 5) is 9.72. The van der Waals surface area contributed by atoms with Crippen molar-refractivity contribution < 1.29 is 9.13 Å². The van der Waals surface area contributed by atoms with Gasteiger partial charge >= 0.3 is 0 Å². The quantitative estimate of drug-likeness (QED) is 0.498. The summed E-state index contributed by atoms with van der Waals surface area (Å²) in [7, 11) is 0. The van der Waals surface area contributed by atoms with Crippen LogP contribution in [0.2, 0.25) is 0 Å². The van der Waals surface area contributed by atoms with Crippen LogP contribution in [0.15, 0.2) is 29.3 Å². The Morgan fingerprint density at radius 2 is 1.86 bits per heavy atom. The maximum Gasteiger partial charge on any atom is 0.191 e. The summed E-state index contributed by atoms with van der Waals surface area (Å²) in [6, 6.07) is 6.88. The lowest BCUT2D eigenvalue weighted by Crippen LogP contribution is -2.50. The molecule has 2 atom stereocenters. The monoisotopic (exact) mass is 393 g/mol. The zero-order valence-corrected chi connectivity index (χ0v) is 17.7. The lowest BCUT2D eigenvalue weighted by atomic mass is 10.2. The molecule has 0 aliphatic carbocycles. The average molecular weight is 394 g/mol. The molecule has 1 aliphatic heterocycles. The zero-order valence-electron chi connectivity index (χ0n) is 17.7. The van der Waals surface area contributed by atoms with Gasteiger partial charge in [0.25, 0.3) is 0 Å². The number of piperazine rings is 1. The normalized spacial score (nSPS) is 18.5. The van der Waals surface area contributed by atoms with Gasteiger partial charge in [0.05, 0.1) is 13.1 Å². The third kappa shape index (κ3) is 7.28. The van der Waals surface area contributed by atoms with Crippen LogP contribution in [-0.4, -0.2) is 80.3 Å². The number of nitrogens with zero attached hydrogens (tertiary/aromatic N) is 3. The van der Waals surface area contributed by atoms with Crippen LogP contribution >= 0.6 is 0 Å². The summed E-state index contributed by atoms with van der Waals surface area (Å²) in [5, 5.41) is 6.57. The van der Waals surface area contributed by atoms with Crippen LogP contribution < -0.4 is 15.4 Å². The standard InChI is InChI=1S/C21H36FN5O/c1-5-23-21(24-15-17(3)27-13-11-26(6-2)12-14-27)25-16-18(4)28-20-10-8-7-9-19(20)22/h7-10,17-18H,5-6,11-16H2,1-4H3,(H2,23,24,25). The number of likely N-dealkylation sites (N-methyl/N-ethyl adjacent to an activating group) is 1. The molecule has 0 bridgehead atoms. The van der Waals surface area contributed by atoms with Gasteiger partial charge in [0.2, 0.25) is 0 Å². The predicted octanol–water partition coefficient (Wildman–Crippen LogP) is 2.17. The molecule has 6 nitrogen and oxygen atoms in total. The van der Waals surface area contributed by atoms with E-state index in [1.165, 1.54) is 6.07 Å². The van der Waals surface area contributed by atoms with Crippen molar-refractivity contribution in [3.05, 3.63) is 30.1 Å². The van der Waals surface area contributed by atoms with E-state index in [1.54, 1.807) is 18.2 Å². The number of hydrogen-bond donors (Lipinski definition) is 2. The second-order valence-corrected chi connectivity index (χ2v) is 7.28. The van der Waals surface area contributed by atoms with Gasteiger partial charge in [-0.1, -0.05) is 19.1 Å². The number of aliphatic imine (C=N–C) groups is 1. The zero-order chi connectivity index (χ0) is 20.4. The molecule has 2 N–H and O–H groups in total. The third-order valence-corrected chi connectivity index (χ3v) is 5.06. The fourth-order valence-corrected chi connectivity index (χ4v) is 3.24. The van der Waals surface area contributed by atoms with Gasteiger partial charge in [0.1, 0.15) is 6.10 Å². The Hall–Kier alpha value is -1.86. The van der Waals surface area contributed by atoms with E-state index in [0.29, 0.717) is 12.6 Å². The van der Waals surface area contributed by atoms with Gasteiger partial charge in [-0.05, 0) is 39.4 Å². The number of ether oxygens (including phenoxy) is 1. The Morgan fingerprint density at radius 3 is 2.50 bits per heavy atom. The minimum absolute atomic E-state index is 0.180. The van der Waals surface area contributed by atoms with E-state index in [9.17, 15) is 4.39 Å². The molecule has 1 fully saturated rings. The summed E-state index contributed by atoms with van der Waals surface area (Å²) in [6.07, 6.45) is -0.180. The molecule has 28 heavy (non-hydrogen) atoms. The molecule has 2 rings (SSSR count). The van der Waals surface area contributed by atoms with Gasteiger partial charge in [-0.25, -0.2) is 4.39 Å². The Balaban J connectivity index is 1.80. The second-order valence-electron chi connectivity index (χ2n) is 7.28. The summed E-state index contributed by atoms with van der Waals surface area (Å²) in [5.74, 6) is 0.705. The largest absolute Gasteiger partial charge is 0.486 e. The van der Waals surface area contributed by atoms with Crippen LogP contribution in [0.1, 0.15) is 27.7 Å². The van der Waals surface area contributed by atoms with Crippen molar-refractivity contribution >= 4 is 5.96 Å². The van der Waals surface area contributed by atoms with E-state index in [0.717, 1.165) is 51.8 Å². The maximum atomic E-state index is 13.7. The molecule has 0 amide bonds. The van der Waals surface area contributed by atoms with Crippen molar-refractivity contribution in [2.24, 2.45) is 4.99 Å². The van der Waals surface area contributed by atoms with Crippen LogP contribution in [0.25, 0.3) is 0 Å². The Kier molecular flexibility index (Phi) is 9.50. The number of hydrogen-bond acceptors (Lipinski definition) is 4. The second kappa shape index (κ2) is 11.9. The highest BCUT2D eigenvalue weighted by molar-refractivity contribution is 5.79. The summed E-state index contributed by atoms with van der Waals surface area (Å²) < 4.78 is 19.4. The molecule has 2 unspecified atom stereocenters. The van der Waals surface area contributed by atoms with Crippen molar-refractivity contribution in [2.75, 3.05) is 52.4 Å². The van der Waals surface area contributed by atoms with Crippen molar-refractivity contribution in [3.8, 4) is 5.75 Å². The highest BCUT2D eigenvalue weighted by Crippen LogP contribution is 2.16. The fraction of sp³-hybridized carbons (Fsp3) is 0.667. The van der Waals surface area contributed by atoms with Crippen molar-refractivity contribution in [1.29, 1.82) is 0 Å². The molecule has 1 aromatic carbocycles. The van der Waals surface area contributed by atoms with Crippen LogP contribution in [0.5, 0.6) is 5.75 Å². The van der Waals surface area contributed by atoms with Crippen LogP contribution in [0.3, 0.4) is 0 Å². The van der Waals surface area contributed by atoms with E-state index < -0.39 is 0 Å². The van der Waals surface area contributed by atoms with Crippen LogP contribution in [-0.2, 0) is 0 Å². The smallest absolute Gasteiger partial charge is 0.191 e. The first-order valence-electron chi connectivity index (χ1n) is 10.4. The lowest BCUT2D eigenvalue weighted by molar-refractivity contribution is 0.109. The highest BCUT2D eigenvalue weighted by atomic mass is 19.1. The van der Waals surface area contributed by atoms with Crippen LogP contribution in [0.4, 0.5) is 4.39 Å². The molecule has 158 valence electrons. The Bertz CT molecular complexity index is 604. The molecule has 0 radical (unpaired) electrons. The van der Waals surface area contributed by atoms with E-state index in [2.05, 4.69) is 34.3 Å². The molecule has 0 aromatic heterocycles. The Morgan fingerprint density at radius 1 is 1.14 bits per heavy atom. The fourth-order valence-electron chi connectivity index (χ4n) is 3.24. The highest BCUT2D eigenvalue weighted by Gasteiger charge is 2.20. The van der Waals surface area contributed by atoms with Crippen molar-refractivity contribution in [3.63, 3.8) is 0 Å². The number of benzene rings is 1. The topological polar surface area (TPSA) is 52.1 Å². The predicted molar refractivity (Wildman–Crippen MR) is 114 cm³/mol. The van der Waals surface area contributed by atoms with Gasteiger partial charge < -0.3 is 20.3 Å². The van der Waals surface area contributed by atoms with Crippen molar-refractivity contribution in [1.82, 2.24) is 20.4 Å². The molecule has 1 aliphatic rings. The summed E-state index contributed by atoms with van der Waals surface area (Å²) in [6.45, 7) is 16.1. The first kappa shape index (κ1) is 22.4. The number of guanidine groups is 1. The van der Waals surface area contributed by atoms with Gasteiger partial charge in [-0.3, -0.25) is 9.89 Å². The van der Waals surface area contributed by atoms with E-state index >= 15 is 0 Å². The summed E-state index contributed by atoms with van der Waals surface area (Å²) in [5.41, 5.74) is 0. The molecule has 1 heterocycles. The number of nitrogens with one attached hydrogen (secondary N) is 2. The number of rotatable bonds is 9. The summed E-state index contributed by atoms with van der Waals surface area (Å²) >= 11 is 0. The van der Waals surface area contributed by atoms with Gasteiger partial charge in [-0.2, -0.15) is 0 Å². The van der Waals surface area contributed by atoms with Crippen molar-refractivity contribution in [2.45, 2.75) is 39.8 Å². The Labute approximate surface area is 169 Å². The number of halogens is 1. The first-order valence-corrected chi connectivity index (χ1v) is 10.4. The van der Waals surface area contributed by atoms with E-state index in [-0.39, 0.29) is 17.7 Å².